The molecule has 4 rings (SSSR count). The van der Waals surface area contributed by atoms with Gasteiger partial charge in [0.2, 0.25) is 5.82 Å². The van der Waals surface area contributed by atoms with Gasteiger partial charge in [-0.25, -0.2) is 0 Å². The van der Waals surface area contributed by atoms with Crippen molar-refractivity contribution in [2.24, 2.45) is 0 Å². The van der Waals surface area contributed by atoms with Crippen LogP contribution in [-0.2, 0) is 16.0 Å². The molecule has 1 aromatic carbocycles. The van der Waals surface area contributed by atoms with Gasteiger partial charge in [0.1, 0.15) is 6.10 Å². The quantitative estimate of drug-likeness (QED) is 0.882. The van der Waals surface area contributed by atoms with E-state index in [1.54, 1.807) is 0 Å². The third-order valence-corrected chi connectivity index (χ3v) is 4.34. The predicted molar refractivity (Wildman–Crippen MR) is 94.6 cm³/mol. The fourth-order valence-electron chi connectivity index (χ4n) is 3.03. The Morgan fingerprint density at radius 1 is 1.20 bits per heavy atom. The molecule has 2 aliphatic rings. The van der Waals surface area contributed by atoms with Crippen molar-refractivity contribution in [2.45, 2.75) is 12.6 Å². The van der Waals surface area contributed by atoms with Gasteiger partial charge in [-0.3, -0.25) is 4.90 Å². The van der Waals surface area contributed by atoms with Gasteiger partial charge in [0.15, 0.2) is 0 Å². The Kier molecular flexibility index (Phi) is 6.39. The molecular formula is C17H23ClN4O3. The van der Waals surface area contributed by atoms with E-state index in [9.17, 15) is 0 Å². The topological polar surface area (TPSA) is 72.7 Å². The molecule has 7 nitrogen and oxygen atoms in total. The van der Waals surface area contributed by atoms with Crippen molar-refractivity contribution in [2.75, 3.05) is 46.0 Å². The minimum Gasteiger partial charge on any atom is -0.379 e. The SMILES string of the molecule is Cl.c1cc(CN2CCOCC2)cc(-c2noc([C@@H]3CNCCO3)n2)c1. The van der Waals surface area contributed by atoms with Gasteiger partial charge in [-0.1, -0.05) is 23.4 Å². The molecule has 2 fully saturated rings. The molecule has 2 saturated heterocycles. The van der Waals surface area contributed by atoms with Gasteiger partial charge in [0.25, 0.3) is 5.89 Å². The maximum atomic E-state index is 5.66. The molecule has 8 heteroatoms. The monoisotopic (exact) mass is 366 g/mol. The lowest BCUT2D eigenvalue weighted by molar-refractivity contribution is 0.00755. The average molecular weight is 367 g/mol. The summed E-state index contributed by atoms with van der Waals surface area (Å²) in [5.74, 6) is 1.15. The van der Waals surface area contributed by atoms with E-state index in [0.717, 1.165) is 45.0 Å². The summed E-state index contributed by atoms with van der Waals surface area (Å²) in [5, 5.41) is 7.39. The Labute approximate surface area is 153 Å². The van der Waals surface area contributed by atoms with Gasteiger partial charge >= 0.3 is 0 Å². The standard InChI is InChI=1S/C17H22N4O3.ClH/c1-2-13(12-21-5-8-22-9-6-21)10-14(3-1)16-19-17(24-20-16)15-11-18-4-7-23-15;/h1-3,10,15,18H,4-9,11-12H2;1H/t15-;/m0./s1. The number of halogens is 1. The second kappa shape index (κ2) is 8.73. The fraction of sp³-hybridized carbons (Fsp3) is 0.529. The minimum atomic E-state index is -0.156. The highest BCUT2D eigenvalue weighted by Crippen LogP contribution is 2.22. The Balaban J connectivity index is 0.00000182. The summed E-state index contributed by atoms with van der Waals surface area (Å²) >= 11 is 0. The number of nitrogens with one attached hydrogen (secondary N) is 1. The summed E-state index contributed by atoms with van der Waals surface area (Å²) in [7, 11) is 0. The summed E-state index contributed by atoms with van der Waals surface area (Å²) < 4.78 is 16.5. The van der Waals surface area contributed by atoms with E-state index in [2.05, 4.69) is 32.5 Å². The van der Waals surface area contributed by atoms with E-state index in [4.69, 9.17) is 14.0 Å². The highest BCUT2D eigenvalue weighted by molar-refractivity contribution is 5.85. The molecule has 0 saturated carbocycles. The van der Waals surface area contributed by atoms with Crippen LogP contribution in [0.3, 0.4) is 0 Å². The van der Waals surface area contributed by atoms with Crippen LogP contribution < -0.4 is 5.32 Å². The van der Waals surface area contributed by atoms with Gasteiger partial charge < -0.3 is 19.3 Å². The van der Waals surface area contributed by atoms with Crippen LogP contribution in [0.15, 0.2) is 28.8 Å². The van der Waals surface area contributed by atoms with Crippen LogP contribution in [0.2, 0.25) is 0 Å². The lowest BCUT2D eigenvalue weighted by atomic mass is 10.1. The number of hydrogen-bond acceptors (Lipinski definition) is 7. The first-order valence-corrected chi connectivity index (χ1v) is 8.44. The lowest BCUT2D eigenvalue weighted by Gasteiger charge is -2.26. The summed E-state index contributed by atoms with van der Waals surface area (Å²) in [4.78, 5) is 6.91. The molecule has 136 valence electrons. The molecule has 0 spiro atoms. The molecule has 0 amide bonds. The fourth-order valence-corrected chi connectivity index (χ4v) is 3.03. The largest absolute Gasteiger partial charge is 0.379 e. The third-order valence-electron chi connectivity index (χ3n) is 4.34. The van der Waals surface area contributed by atoms with Gasteiger partial charge in [-0.15, -0.1) is 12.4 Å². The molecule has 1 N–H and O–H groups in total. The van der Waals surface area contributed by atoms with Gasteiger partial charge in [-0.2, -0.15) is 4.98 Å². The molecule has 0 radical (unpaired) electrons. The number of nitrogens with zero attached hydrogens (tertiary/aromatic N) is 3. The molecule has 0 aliphatic carbocycles. The summed E-state index contributed by atoms with van der Waals surface area (Å²) in [6, 6.07) is 8.31. The second-order valence-corrected chi connectivity index (χ2v) is 6.11. The first kappa shape index (κ1) is 18.3. The number of morpholine rings is 2. The van der Waals surface area contributed by atoms with Crippen LogP contribution in [0.5, 0.6) is 0 Å². The van der Waals surface area contributed by atoms with E-state index in [-0.39, 0.29) is 18.5 Å². The van der Waals surface area contributed by atoms with Crippen molar-refractivity contribution in [1.29, 1.82) is 0 Å². The average Bonchev–Trinajstić information content (AvgIpc) is 3.14. The maximum Gasteiger partial charge on any atom is 0.257 e. The van der Waals surface area contributed by atoms with Crippen LogP contribution in [0, 0.1) is 0 Å². The van der Waals surface area contributed by atoms with Crippen molar-refractivity contribution in [3.05, 3.63) is 35.7 Å². The van der Waals surface area contributed by atoms with Crippen LogP contribution in [0.1, 0.15) is 17.6 Å². The number of rotatable bonds is 4. The number of hydrogen-bond donors (Lipinski definition) is 1. The van der Waals surface area contributed by atoms with Crippen molar-refractivity contribution < 1.29 is 14.0 Å². The Morgan fingerprint density at radius 2 is 2.08 bits per heavy atom. The molecule has 0 unspecified atom stereocenters. The summed E-state index contributed by atoms with van der Waals surface area (Å²) in [5.41, 5.74) is 2.22. The Bertz CT molecular complexity index is 669. The maximum absolute atomic E-state index is 5.66. The van der Waals surface area contributed by atoms with Crippen molar-refractivity contribution in [1.82, 2.24) is 20.4 Å². The van der Waals surface area contributed by atoms with Crippen molar-refractivity contribution in [3.8, 4) is 11.4 Å². The zero-order valence-corrected chi connectivity index (χ0v) is 14.8. The van der Waals surface area contributed by atoms with Crippen LogP contribution >= 0.6 is 12.4 Å². The molecule has 2 aliphatic heterocycles. The van der Waals surface area contributed by atoms with E-state index in [1.807, 2.05) is 12.1 Å². The molecule has 0 bridgehead atoms. The minimum absolute atomic E-state index is 0. The molecule has 3 heterocycles. The van der Waals surface area contributed by atoms with Crippen LogP contribution in [-0.4, -0.2) is 61.0 Å². The van der Waals surface area contributed by atoms with Gasteiger partial charge in [-0.05, 0) is 11.6 Å². The van der Waals surface area contributed by atoms with Crippen molar-refractivity contribution in [3.63, 3.8) is 0 Å². The predicted octanol–water partition coefficient (Wildman–Crippen LogP) is 1.65. The van der Waals surface area contributed by atoms with Gasteiger partial charge in [0, 0.05) is 38.3 Å². The Morgan fingerprint density at radius 3 is 2.88 bits per heavy atom. The molecular weight excluding hydrogens is 344 g/mol. The second-order valence-electron chi connectivity index (χ2n) is 6.11. The lowest BCUT2D eigenvalue weighted by Crippen LogP contribution is -2.35. The van der Waals surface area contributed by atoms with E-state index in [1.165, 1.54) is 5.56 Å². The first-order valence-electron chi connectivity index (χ1n) is 8.44. The number of aromatic nitrogens is 2. The number of benzene rings is 1. The van der Waals surface area contributed by atoms with E-state index < -0.39 is 0 Å². The normalized spacial score (nSPS) is 21.7. The molecule has 1 atom stereocenters. The summed E-state index contributed by atoms with van der Waals surface area (Å²) in [6.07, 6.45) is -0.156. The van der Waals surface area contributed by atoms with Crippen LogP contribution in [0.25, 0.3) is 11.4 Å². The van der Waals surface area contributed by atoms with E-state index in [0.29, 0.717) is 24.9 Å². The highest BCUT2D eigenvalue weighted by atomic mass is 35.5. The van der Waals surface area contributed by atoms with Gasteiger partial charge in [0.05, 0.1) is 19.8 Å². The first-order chi connectivity index (χ1) is 11.9. The molecule has 1 aromatic heterocycles. The van der Waals surface area contributed by atoms with E-state index >= 15 is 0 Å². The smallest absolute Gasteiger partial charge is 0.257 e. The molecule has 2 aromatic rings. The zero-order valence-electron chi connectivity index (χ0n) is 14.0. The van der Waals surface area contributed by atoms with Crippen molar-refractivity contribution >= 4 is 12.4 Å². The number of ether oxygens (including phenoxy) is 2. The van der Waals surface area contributed by atoms with Crippen LogP contribution in [0.4, 0.5) is 0 Å². The summed E-state index contributed by atoms with van der Waals surface area (Å²) in [6.45, 7) is 6.71. The Hall–Kier alpha value is -1.51. The third kappa shape index (κ3) is 4.56. The zero-order chi connectivity index (χ0) is 16.2. The highest BCUT2D eigenvalue weighted by Gasteiger charge is 2.22. The molecule has 25 heavy (non-hydrogen) atoms.